The lowest BCUT2D eigenvalue weighted by molar-refractivity contribution is 0.0537. The third-order valence-corrected chi connectivity index (χ3v) is 2.15. The fourth-order valence-electron chi connectivity index (χ4n) is 0.853. The molecule has 15 heavy (non-hydrogen) atoms. The molecule has 0 amide bonds. The van der Waals surface area contributed by atoms with Gasteiger partial charge >= 0.3 is 0 Å². The number of para-hydroxylation sites is 1. The van der Waals surface area contributed by atoms with Crippen LogP contribution in [0.4, 0.5) is 0 Å². The summed E-state index contributed by atoms with van der Waals surface area (Å²) in [5.74, 6) is 0.323. The van der Waals surface area contributed by atoms with Crippen molar-refractivity contribution in [3.8, 4) is 5.75 Å². The molecule has 0 heterocycles. The summed E-state index contributed by atoms with van der Waals surface area (Å²) < 4.78 is 5.15. The van der Waals surface area contributed by atoms with Gasteiger partial charge in [0.05, 0.1) is 16.7 Å². The molecule has 6 heteroatoms. The van der Waals surface area contributed by atoms with Crippen molar-refractivity contribution in [2.24, 2.45) is 0 Å². The van der Waals surface area contributed by atoms with E-state index in [2.05, 4.69) is 0 Å². The molecule has 1 rings (SSSR count). The average molecular weight is 318 g/mol. The largest absolute Gasteiger partial charge is 0.488 e. The highest BCUT2D eigenvalue weighted by Crippen LogP contribution is 2.32. The molecule has 0 aliphatic rings. The lowest BCUT2D eigenvalue weighted by Crippen LogP contribution is -2.21. The maximum atomic E-state index is 9.04. The van der Waals surface area contributed by atoms with E-state index in [1.165, 1.54) is 0 Å². The molecule has 0 bridgehead atoms. The molecular weight excluding hydrogens is 307 g/mol. The topological polar surface area (TPSA) is 49.7 Å². The molecule has 1 aromatic carbocycles. The van der Waals surface area contributed by atoms with Crippen LogP contribution in [-0.2, 0) is 0 Å². The fourth-order valence-corrected chi connectivity index (χ4v) is 1.36. The van der Waals surface area contributed by atoms with E-state index >= 15 is 0 Å². The lowest BCUT2D eigenvalue weighted by Gasteiger charge is -2.11. The summed E-state index contributed by atoms with van der Waals surface area (Å²) in [6.45, 7) is -0.401. The molecule has 86 valence electrons. The van der Waals surface area contributed by atoms with Gasteiger partial charge in [-0.25, -0.2) is 0 Å². The first-order valence-corrected chi connectivity index (χ1v) is 4.76. The van der Waals surface area contributed by atoms with E-state index in [0.29, 0.717) is 15.8 Å². The summed E-state index contributed by atoms with van der Waals surface area (Å²) in [5, 5.41) is 18.4. The summed E-state index contributed by atoms with van der Waals surface area (Å²) in [6, 6.07) is 4.96. The Labute approximate surface area is 108 Å². The first kappa shape index (κ1) is 15.0. The predicted molar refractivity (Wildman–Crippen MR) is 65.4 cm³/mol. The van der Waals surface area contributed by atoms with Gasteiger partial charge in [-0.2, -0.15) is 0 Å². The van der Waals surface area contributed by atoms with E-state index in [4.69, 9.17) is 38.2 Å². The Bertz CT molecular complexity index is 289. The van der Waals surface area contributed by atoms with Crippen LogP contribution in [0.25, 0.3) is 0 Å². The van der Waals surface area contributed by atoms with Crippen molar-refractivity contribution in [3.63, 3.8) is 0 Å². The number of hydrogen-bond acceptors (Lipinski definition) is 3. The van der Waals surface area contributed by atoms with E-state index in [0.717, 1.165) is 0 Å². The Morgan fingerprint density at radius 1 is 1.27 bits per heavy atom. The van der Waals surface area contributed by atoms with Crippen LogP contribution in [0.1, 0.15) is 0 Å². The maximum absolute atomic E-state index is 9.04. The number of aliphatic hydroxyl groups is 2. The van der Waals surface area contributed by atoms with E-state index in [1.54, 1.807) is 18.2 Å². The molecule has 2 N–H and O–H groups in total. The zero-order valence-electron chi connectivity index (χ0n) is 7.69. The highest BCUT2D eigenvalue weighted by Gasteiger charge is 2.09. The van der Waals surface area contributed by atoms with Gasteiger partial charge in [0.15, 0.2) is 5.75 Å². The minimum Gasteiger partial charge on any atom is -0.488 e. The molecule has 1 atom stereocenters. The molecule has 0 radical (unpaired) electrons. The van der Waals surface area contributed by atoms with Crippen LogP contribution in [0.3, 0.4) is 0 Å². The number of aliphatic hydroxyl groups excluding tert-OH is 2. The standard InChI is InChI=1S/C9H10Cl2O3.BrH/c10-7-2-1-3-8(11)9(7)14-5-6(13)4-12;/h1-3,6,12-13H,4-5H2;1H. The SMILES string of the molecule is Br.OCC(O)COc1c(Cl)cccc1Cl. The van der Waals surface area contributed by atoms with Gasteiger partial charge in [0.2, 0.25) is 0 Å². The second-order valence-electron chi connectivity index (χ2n) is 2.70. The van der Waals surface area contributed by atoms with Crippen LogP contribution in [0.5, 0.6) is 5.75 Å². The van der Waals surface area contributed by atoms with Crippen LogP contribution in [0.2, 0.25) is 10.0 Å². The van der Waals surface area contributed by atoms with E-state index in [9.17, 15) is 0 Å². The minimum atomic E-state index is -0.928. The van der Waals surface area contributed by atoms with Gasteiger partial charge in [-0.1, -0.05) is 29.3 Å². The summed E-state index contributed by atoms with van der Waals surface area (Å²) in [6.07, 6.45) is -0.928. The summed E-state index contributed by atoms with van der Waals surface area (Å²) >= 11 is 11.6. The normalized spacial score (nSPS) is 11.7. The maximum Gasteiger partial charge on any atom is 0.156 e. The van der Waals surface area contributed by atoms with Gasteiger partial charge in [0.25, 0.3) is 0 Å². The van der Waals surface area contributed by atoms with Crippen LogP contribution in [0, 0.1) is 0 Å². The Morgan fingerprint density at radius 3 is 2.27 bits per heavy atom. The van der Waals surface area contributed by atoms with E-state index in [1.807, 2.05) is 0 Å². The molecule has 3 nitrogen and oxygen atoms in total. The number of hydrogen-bond donors (Lipinski definition) is 2. The van der Waals surface area contributed by atoms with Crippen LogP contribution in [-0.4, -0.2) is 29.5 Å². The number of halogens is 3. The first-order chi connectivity index (χ1) is 6.65. The molecule has 0 aliphatic carbocycles. The van der Waals surface area contributed by atoms with Crippen molar-refractivity contribution in [2.45, 2.75) is 6.10 Å². The van der Waals surface area contributed by atoms with Crippen molar-refractivity contribution < 1.29 is 14.9 Å². The van der Waals surface area contributed by atoms with Crippen molar-refractivity contribution >= 4 is 40.2 Å². The van der Waals surface area contributed by atoms with Gasteiger partial charge in [-0.15, -0.1) is 17.0 Å². The average Bonchev–Trinajstić information content (AvgIpc) is 2.16. The van der Waals surface area contributed by atoms with Crippen molar-refractivity contribution in [2.75, 3.05) is 13.2 Å². The summed E-state index contributed by atoms with van der Waals surface area (Å²) in [7, 11) is 0. The third kappa shape index (κ3) is 4.57. The smallest absolute Gasteiger partial charge is 0.156 e. The van der Waals surface area contributed by atoms with E-state index in [-0.39, 0.29) is 30.2 Å². The molecular formula is C9H11BrCl2O3. The molecule has 1 aromatic rings. The van der Waals surface area contributed by atoms with Gasteiger partial charge in [0.1, 0.15) is 12.7 Å². The van der Waals surface area contributed by atoms with Gasteiger partial charge in [0, 0.05) is 0 Å². The molecule has 0 fully saturated rings. The second kappa shape index (κ2) is 7.30. The Hall–Kier alpha value is -0.0000000000000000555. The lowest BCUT2D eigenvalue weighted by atomic mass is 10.3. The number of benzene rings is 1. The zero-order valence-corrected chi connectivity index (χ0v) is 10.9. The van der Waals surface area contributed by atoms with Crippen molar-refractivity contribution in [1.29, 1.82) is 0 Å². The quantitative estimate of drug-likeness (QED) is 0.896. The Morgan fingerprint density at radius 2 is 1.80 bits per heavy atom. The zero-order chi connectivity index (χ0) is 10.6. The van der Waals surface area contributed by atoms with Crippen LogP contribution in [0.15, 0.2) is 18.2 Å². The number of rotatable bonds is 4. The van der Waals surface area contributed by atoms with Gasteiger partial charge < -0.3 is 14.9 Å². The molecule has 0 saturated carbocycles. The molecule has 1 unspecified atom stereocenters. The predicted octanol–water partition coefficient (Wildman–Crippen LogP) is 2.30. The monoisotopic (exact) mass is 316 g/mol. The van der Waals surface area contributed by atoms with Gasteiger partial charge in [-0.05, 0) is 12.1 Å². The van der Waals surface area contributed by atoms with E-state index < -0.39 is 6.10 Å². The first-order valence-electron chi connectivity index (χ1n) is 4.01. The Kier molecular flexibility index (Phi) is 7.30. The summed E-state index contributed by atoms with van der Waals surface area (Å²) in [4.78, 5) is 0. The highest BCUT2D eigenvalue weighted by molar-refractivity contribution is 8.93. The van der Waals surface area contributed by atoms with Crippen molar-refractivity contribution in [3.05, 3.63) is 28.2 Å². The van der Waals surface area contributed by atoms with Crippen LogP contribution >= 0.6 is 40.2 Å². The molecule has 0 aliphatic heterocycles. The van der Waals surface area contributed by atoms with Gasteiger partial charge in [-0.3, -0.25) is 0 Å². The summed E-state index contributed by atoms with van der Waals surface area (Å²) in [5.41, 5.74) is 0. The molecule has 0 spiro atoms. The minimum absolute atomic E-state index is 0. The molecule has 0 aromatic heterocycles. The highest BCUT2D eigenvalue weighted by atomic mass is 79.9. The number of ether oxygens (including phenoxy) is 1. The third-order valence-electron chi connectivity index (χ3n) is 1.55. The second-order valence-corrected chi connectivity index (χ2v) is 3.51. The van der Waals surface area contributed by atoms with Crippen molar-refractivity contribution in [1.82, 2.24) is 0 Å². The fraction of sp³-hybridized carbons (Fsp3) is 0.333. The Balaban J connectivity index is 0.00000196. The van der Waals surface area contributed by atoms with Crippen LogP contribution < -0.4 is 4.74 Å². The molecule has 0 saturated heterocycles.